The molecule has 0 aromatic heterocycles. The fraction of sp³-hybridized carbons (Fsp3) is 0.562. The van der Waals surface area contributed by atoms with Gasteiger partial charge in [0, 0.05) is 22.9 Å². The number of aryl methyl sites for hydroxylation is 1. The molecule has 1 fully saturated rings. The highest BCUT2D eigenvalue weighted by Gasteiger charge is 2.60. The van der Waals surface area contributed by atoms with Crippen molar-refractivity contribution in [3.63, 3.8) is 0 Å². The summed E-state index contributed by atoms with van der Waals surface area (Å²) in [5.74, 6) is -0.131. The van der Waals surface area contributed by atoms with Crippen molar-refractivity contribution in [2.75, 3.05) is 0 Å². The van der Waals surface area contributed by atoms with Crippen LogP contribution in [0.1, 0.15) is 43.6 Å². The van der Waals surface area contributed by atoms with Crippen LogP contribution in [0.15, 0.2) is 18.2 Å². The third-order valence-electron chi connectivity index (χ3n) is 4.74. The summed E-state index contributed by atoms with van der Waals surface area (Å²) in [7, 11) is 0. The van der Waals surface area contributed by atoms with Gasteiger partial charge in [0.2, 0.25) is 0 Å². The van der Waals surface area contributed by atoms with Crippen LogP contribution in [0.5, 0.6) is 0 Å². The monoisotopic (exact) mass is 294 g/mol. The van der Waals surface area contributed by atoms with Gasteiger partial charge in [0.05, 0.1) is 10.6 Å². The number of halogens is 1. The van der Waals surface area contributed by atoms with E-state index in [1.165, 1.54) is 0 Å². The number of carbonyl (C=O) groups is 1. The van der Waals surface area contributed by atoms with Crippen LogP contribution in [0.3, 0.4) is 0 Å². The maximum Gasteiger partial charge on any atom is 0.253 e. The van der Waals surface area contributed by atoms with Crippen LogP contribution < -0.4 is 11.1 Å². The molecule has 0 aliphatic heterocycles. The van der Waals surface area contributed by atoms with Gasteiger partial charge in [0.25, 0.3) is 5.91 Å². The first kappa shape index (κ1) is 15.3. The normalized spacial score (nSPS) is 26.8. The smallest absolute Gasteiger partial charge is 0.253 e. The minimum atomic E-state index is -0.131. The van der Waals surface area contributed by atoms with Crippen molar-refractivity contribution in [3.05, 3.63) is 34.3 Å². The SMILES string of the molecule is Cc1ccc(C(=O)NC2C(C)(C)C(N)C2(C)C)c(Cl)c1. The van der Waals surface area contributed by atoms with Gasteiger partial charge in [-0.15, -0.1) is 0 Å². The molecule has 1 amide bonds. The van der Waals surface area contributed by atoms with Crippen LogP contribution >= 0.6 is 11.6 Å². The number of rotatable bonds is 2. The summed E-state index contributed by atoms with van der Waals surface area (Å²) in [6.45, 7) is 10.3. The van der Waals surface area contributed by atoms with Gasteiger partial charge in [-0.25, -0.2) is 0 Å². The van der Waals surface area contributed by atoms with Gasteiger partial charge in [0.1, 0.15) is 0 Å². The number of hydrogen-bond donors (Lipinski definition) is 2. The molecule has 1 aliphatic carbocycles. The lowest BCUT2D eigenvalue weighted by atomic mass is 9.48. The molecule has 0 unspecified atom stereocenters. The first-order valence-corrected chi connectivity index (χ1v) is 7.29. The van der Waals surface area contributed by atoms with Crippen LogP contribution in [-0.4, -0.2) is 18.0 Å². The highest BCUT2D eigenvalue weighted by molar-refractivity contribution is 6.33. The molecule has 0 radical (unpaired) electrons. The van der Waals surface area contributed by atoms with Crippen molar-refractivity contribution in [2.24, 2.45) is 16.6 Å². The van der Waals surface area contributed by atoms with E-state index in [-0.39, 0.29) is 28.8 Å². The molecule has 0 spiro atoms. The van der Waals surface area contributed by atoms with E-state index in [1.807, 2.05) is 13.0 Å². The lowest BCUT2D eigenvalue weighted by molar-refractivity contribution is -0.0663. The van der Waals surface area contributed by atoms with Crippen LogP contribution in [0.2, 0.25) is 5.02 Å². The zero-order valence-electron chi connectivity index (χ0n) is 12.8. The summed E-state index contributed by atoms with van der Waals surface area (Å²) in [6, 6.07) is 5.57. The fourth-order valence-corrected chi connectivity index (χ4v) is 3.89. The molecule has 1 aromatic rings. The van der Waals surface area contributed by atoms with Gasteiger partial charge in [-0.1, -0.05) is 45.4 Å². The highest BCUT2D eigenvalue weighted by atomic mass is 35.5. The number of carbonyl (C=O) groups excluding carboxylic acids is 1. The third-order valence-corrected chi connectivity index (χ3v) is 5.05. The van der Waals surface area contributed by atoms with E-state index < -0.39 is 0 Å². The van der Waals surface area contributed by atoms with E-state index in [2.05, 4.69) is 33.0 Å². The average Bonchev–Trinajstić information content (AvgIpc) is 2.34. The first-order valence-electron chi connectivity index (χ1n) is 6.91. The quantitative estimate of drug-likeness (QED) is 0.880. The van der Waals surface area contributed by atoms with Crippen molar-refractivity contribution in [2.45, 2.75) is 46.7 Å². The molecule has 0 atom stereocenters. The zero-order valence-corrected chi connectivity index (χ0v) is 13.5. The molecule has 2 rings (SSSR count). The van der Waals surface area contributed by atoms with Gasteiger partial charge >= 0.3 is 0 Å². The molecule has 0 bridgehead atoms. The Morgan fingerprint density at radius 1 is 1.25 bits per heavy atom. The van der Waals surface area contributed by atoms with Crippen LogP contribution in [0, 0.1) is 17.8 Å². The van der Waals surface area contributed by atoms with Crippen molar-refractivity contribution >= 4 is 17.5 Å². The number of nitrogens with two attached hydrogens (primary N) is 1. The molecule has 0 saturated heterocycles. The lowest BCUT2D eigenvalue weighted by Crippen LogP contribution is -2.76. The Balaban J connectivity index is 2.20. The van der Waals surface area contributed by atoms with Crippen molar-refractivity contribution < 1.29 is 4.79 Å². The lowest BCUT2D eigenvalue weighted by Gasteiger charge is -2.62. The largest absolute Gasteiger partial charge is 0.348 e. The second-order valence-corrected chi connectivity index (χ2v) is 7.42. The molecule has 3 N–H and O–H groups in total. The van der Waals surface area contributed by atoms with E-state index in [0.717, 1.165) is 5.56 Å². The summed E-state index contributed by atoms with van der Waals surface area (Å²) in [5, 5.41) is 3.59. The molecular formula is C16H23ClN2O. The van der Waals surface area contributed by atoms with E-state index in [0.29, 0.717) is 10.6 Å². The summed E-state index contributed by atoms with van der Waals surface area (Å²) in [5.41, 5.74) is 7.54. The molecule has 1 aromatic carbocycles. The predicted octanol–water partition coefficient (Wildman–Crippen LogP) is 3.14. The van der Waals surface area contributed by atoms with Gasteiger partial charge in [-0.3, -0.25) is 4.79 Å². The molecule has 1 aliphatic rings. The minimum absolute atomic E-state index is 0.0369. The Hall–Kier alpha value is -1.06. The number of amides is 1. The van der Waals surface area contributed by atoms with E-state index in [1.54, 1.807) is 12.1 Å². The van der Waals surface area contributed by atoms with Gasteiger partial charge in [-0.2, -0.15) is 0 Å². The summed E-state index contributed by atoms with van der Waals surface area (Å²) in [4.78, 5) is 12.4. The van der Waals surface area contributed by atoms with Crippen LogP contribution in [0.4, 0.5) is 0 Å². The molecule has 20 heavy (non-hydrogen) atoms. The second-order valence-electron chi connectivity index (χ2n) is 7.01. The van der Waals surface area contributed by atoms with Crippen molar-refractivity contribution in [3.8, 4) is 0 Å². The van der Waals surface area contributed by atoms with E-state index in [9.17, 15) is 4.79 Å². The number of benzene rings is 1. The Morgan fingerprint density at radius 3 is 2.30 bits per heavy atom. The Kier molecular flexibility index (Phi) is 3.64. The average molecular weight is 295 g/mol. The Bertz CT molecular complexity index is 535. The standard InChI is InChI=1S/C16H23ClN2O/c1-9-6-7-10(11(17)8-9)12(20)19-14-15(2,3)13(18)16(14,4)5/h6-8,13-14H,18H2,1-5H3,(H,19,20). The molecule has 1 saturated carbocycles. The summed E-state index contributed by atoms with van der Waals surface area (Å²) < 4.78 is 0. The van der Waals surface area contributed by atoms with Gasteiger partial charge in [0.15, 0.2) is 0 Å². The van der Waals surface area contributed by atoms with E-state index >= 15 is 0 Å². The molecule has 0 heterocycles. The number of hydrogen-bond acceptors (Lipinski definition) is 2. The Morgan fingerprint density at radius 2 is 1.80 bits per heavy atom. The molecule has 110 valence electrons. The third kappa shape index (κ3) is 2.23. The topological polar surface area (TPSA) is 55.1 Å². The summed E-state index contributed by atoms with van der Waals surface area (Å²) in [6.07, 6.45) is 0. The highest BCUT2D eigenvalue weighted by Crippen LogP contribution is 2.52. The Labute approximate surface area is 125 Å². The number of nitrogens with one attached hydrogen (secondary N) is 1. The van der Waals surface area contributed by atoms with Gasteiger partial charge < -0.3 is 11.1 Å². The maximum atomic E-state index is 12.4. The minimum Gasteiger partial charge on any atom is -0.348 e. The predicted molar refractivity (Wildman–Crippen MR) is 83.0 cm³/mol. The molecule has 4 heteroatoms. The maximum absolute atomic E-state index is 12.4. The summed E-state index contributed by atoms with van der Waals surface area (Å²) >= 11 is 6.15. The van der Waals surface area contributed by atoms with Gasteiger partial charge in [-0.05, 0) is 24.6 Å². The van der Waals surface area contributed by atoms with Crippen molar-refractivity contribution in [1.82, 2.24) is 5.32 Å². The molecular weight excluding hydrogens is 272 g/mol. The van der Waals surface area contributed by atoms with Crippen LogP contribution in [0.25, 0.3) is 0 Å². The first-order chi connectivity index (χ1) is 9.08. The van der Waals surface area contributed by atoms with E-state index in [4.69, 9.17) is 17.3 Å². The molecule has 3 nitrogen and oxygen atoms in total. The van der Waals surface area contributed by atoms with Crippen molar-refractivity contribution in [1.29, 1.82) is 0 Å². The zero-order chi connectivity index (χ0) is 15.3. The fourth-order valence-electron chi connectivity index (χ4n) is 3.57. The van der Waals surface area contributed by atoms with Crippen LogP contribution in [-0.2, 0) is 0 Å². The second kappa shape index (κ2) is 4.74.